The minimum Gasteiger partial charge on any atom is -0.619 e. The van der Waals surface area contributed by atoms with Gasteiger partial charge in [-0.05, 0) is 25.1 Å². The van der Waals surface area contributed by atoms with Gasteiger partial charge < -0.3 is 9.94 Å². The molecule has 0 radical (unpaired) electrons. The lowest BCUT2D eigenvalue weighted by molar-refractivity contribution is -0.605. The van der Waals surface area contributed by atoms with E-state index in [4.69, 9.17) is 4.74 Å². The number of hydrogen-bond acceptors (Lipinski definition) is 4. The molecule has 1 heterocycles. The summed E-state index contributed by atoms with van der Waals surface area (Å²) in [6.45, 7) is 1.56. The summed E-state index contributed by atoms with van der Waals surface area (Å²) in [7, 11) is 0. The van der Waals surface area contributed by atoms with E-state index in [-0.39, 0.29) is 5.56 Å². The van der Waals surface area contributed by atoms with Crippen LogP contribution in [0.25, 0.3) is 0 Å². The Balaban J connectivity index is 1.86. The van der Waals surface area contributed by atoms with E-state index in [1.807, 2.05) is 6.07 Å². The molecule has 0 saturated carbocycles. The molecule has 0 saturated heterocycles. The van der Waals surface area contributed by atoms with Crippen LogP contribution >= 0.6 is 15.9 Å². The van der Waals surface area contributed by atoms with Crippen molar-refractivity contribution >= 4 is 27.7 Å². The number of nitrogens with one attached hydrogen (secondary N) is 2. The molecule has 8 heteroatoms. The number of carbonyl (C=O) groups is 2. The number of hydrazine groups is 1. The molecule has 0 aliphatic carbocycles. The van der Waals surface area contributed by atoms with Crippen LogP contribution in [0.3, 0.4) is 0 Å². The van der Waals surface area contributed by atoms with E-state index in [1.165, 1.54) is 24.5 Å². The minimum absolute atomic E-state index is 0.248. The standard InChI is InChI=1S/C15H14BrN3O4/c1-10(23-13-4-2-3-12(16)9-13)14(20)17-18-15(21)11-5-7-19(22)8-6-11/h2-10H,1H3,(H,17,20)(H,18,21). The van der Waals surface area contributed by atoms with Crippen molar-refractivity contribution in [2.45, 2.75) is 13.0 Å². The number of halogens is 1. The monoisotopic (exact) mass is 379 g/mol. The molecule has 7 nitrogen and oxygen atoms in total. The first-order valence-corrected chi connectivity index (χ1v) is 7.46. The van der Waals surface area contributed by atoms with Gasteiger partial charge in [0.2, 0.25) is 0 Å². The second kappa shape index (κ2) is 7.59. The molecule has 120 valence electrons. The average Bonchev–Trinajstić information content (AvgIpc) is 2.53. The molecule has 1 unspecified atom stereocenters. The highest BCUT2D eigenvalue weighted by molar-refractivity contribution is 9.10. The van der Waals surface area contributed by atoms with Gasteiger partial charge in [-0.3, -0.25) is 20.4 Å². The number of nitrogens with zero attached hydrogens (tertiary/aromatic N) is 1. The molecule has 23 heavy (non-hydrogen) atoms. The largest absolute Gasteiger partial charge is 0.619 e. The molecule has 2 aromatic rings. The Hall–Kier alpha value is -2.61. The zero-order chi connectivity index (χ0) is 16.8. The van der Waals surface area contributed by atoms with Gasteiger partial charge in [0, 0.05) is 16.6 Å². The zero-order valence-electron chi connectivity index (χ0n) is 12.2. The van der Waals surface area contributed by atoms with Crippen LogP contribution in [-0.4, -0.2) is 17.9 Å². The first kappa shape index (κ1) is 16.8. The molecule has 0 fully saturated rings. The van der Waals surface area contributed by atoms with Crippen molar-refractivity contribution in [2.75, 3.05) is 0 Å². The lowest BCUT2D eigenvalue weighted by Gasteiger charge is -2.15. The number of benzene rings is 1. The van der Waals surface area contributed by atoms with Crippen LogP contribution in [0, 0.1) is 5.21 Å². The van der Waals surface area contributed by atoms with E-state index in [2.05, 4.69) is 26.8 Å². The Morgan fingerprint density at radius 1 is 1.22 bits per heavy atom. The highest BCUT2D eigenvalue weighted by Crippen LogP contribution is 2.18. The van der Waals surface area contributed by atoms with E-state index in [1.54, 1.807) is 25.1 Å². The fourth-order valence-corrected chi connectivity index (χ4v) is 2.03. The fourth-order valence-electron chi connectivity index (χ4n) is 1.65. The topological polar surface area (TPSA) is 94.4 Å². The van der Waals surface area contributed by atoms with Crippen molar-refractivity contribution < 1.29 is 19.1 Å². The molecule has 2 rings (SSSR count). The lowest BCUT2D eigenvalue weighted by Crippen LogP contribution is -2.47. The van der Waals surface area contributed by atoms with Gasteiger partial charge in [0.05, 0.1) is 5.56 Å². The number of pyridine rings is 1. The quantitative estimate of drug-likeness (QED) is 0.475. The number of amides is 2. The number of aromatic nitrogens is 1. The van der Waals surface area contributed by atoms with Gasteiger partial charge in [-0.15, -0.1) is 0 Å². The van der Waals surface area contributed by atoms with Gasteiger partial charge in [0.1, 0.15) is 5.75 Å². The van der Waals surface area contributed by atoms with Gasteiger partial charge in [-0.25, -0.2) is 0 Å². The Labute approximate surface area is 141 Å². The maximum atomic E-state index is 11.9. The summed E-state index contributed by atoms with van der Waals surface area (Å²) < 4.78 is 6.86. The van der Waals surface area contributed by atoms with Gasteiger partial charge in [0.25, 0.3) is 11.8 Å². The second-order valence-electron chi connectivity index (χ2n) is 4.61. The smallest absolute Gasteiger partial charge is 0.279 e. The van der Waals surface area contributed by atoms with Crippen LogP contribution in [0.4, 0.5) is 0 Å². The summed E-state index contributed by atoms with van der Waals surface area (Å²) in [6.07, 6.45) is 1.58. The van der Waals surface area contributed by atoms with Crippen molar-refractivity contribution in [1.29, 1.82) is 0 Å². The average molecular weight is 380 g/mol. The molecule has 0 aliphatic heterocycles. The van der Waals surface area contributed by atoms with E-state index in [9.17, 15) is 14.8 Å². The first-order valence-electron chi connectivity index (χ1n) is 6.67. The summed E-state index contributed by atoms with van der Waals surface area (Å²) >= 11 is 3.31. The van der Waals surface area contributed by atoms with E-state index in [0.717, 1.165) is 4.47 Å². The molecular weight excluding hydrogens is 366 g/mol. The molecule has 1 aromatic carbocycles. The van der Waals surface area contributed by atoms with E-state index in [0.29, 0.717) is 10.5 Å². The van der Waals surface area contributed by atoms with Crippen LogP contribution in [0.2, 0.25) is 0 Å². The summed E-state index contributed by atoms with van der Waals surface area (Å²) in [4.78, 5) is 23.7. The third-order valence-electron chi connectivity index (χ3n) is 2.84. The Bertz CT molecular complexity index is 706. The number of hydrogen-bond donors (Lipinski definition) is 2. The van der Waals surface area contributed by atoms with Gasteiger partial charge >= 0.3 is 0 Å². The summed E-state index contributed by atoms with van der Waals surface area (Å²) in [5, 5.41) is 10.9. The predicted octanol–water partition coefficient (Wildman–Crippen LogP) is 1.31. The number of rotatable bonds is 4. The Morgan fingerprint density at radius 3 is 2.57 bits per heavy atom. The molecular formula is C15H14BrN3O4. The molecule has 0 spiro atoms. The van der Waals surface area contributed by atoms with Gasteiger partial charge in [0.15, 0.2) is 18.5 Å². The van der Waals surface area contributed by atoms with Gasteiger partial charge in [-0.1, -0.05) is 22.0 Å². The van der Waals surface area contributed by atoms with Crippen LogP contribution in [0.1, 0.15) is 17.3 Å². The lowest BCUT2D eigenvalue weighted by atomic mass is 10.2. The fraction of sp³-hybridized carbons (Fsp3) is 0.133. The molecule has 2 N–H and O–H groups in total. The molecule has 2 amide bonds. The van der Waals surface area contributed by atoms with Gasteiger partial charge in [-0.2, -0.15) is 4.73 Å². The van der Waals surface area contributed by atoms with Crippen molar-refractivity contribution in [3.05, 3.63) is 64.0 Å². The number of carbonyl (C=O) groups excluding carboxylic acids is 2. The van der Waals surface area contributed by atoms with Crippen LogP contribution < -0.4 is 20.3 Å². The van der Waals surface area contributed by atoms with E-state index < -0.39 is 17.9 Å². The Morgan fingerprint density at radius 2 is 1.91 bits per heavy atom. The normalized spacial score (nSPS) is 11.4. The van der Waals surface area contributed by atoms with Crippen molar-refractivity contribution in [2.24, 2.45) is 0 Å². The maximum Gasteiger partial charge on any atom is 0.279 e. The van der Waals surface area contributed by atoms with Crippen molar-refractivity contribution in [1.82, 2.24) is 10.9 Å². The second-order valence-corrected chi connectivity index (χ2v) is 5.52. The first-order chi connectivity index (χ1) is 11.0. The number of ether oxygens (including phenoxy) is 1. The molecule has 0 aliphatic rings. The maximum absolute atomic E-state index is 11.9. The van der Waals surface area contributed by atoms with Crippen LogP contribution in [0.15, 0.2) is 53.3 Å². The Kier molecular flexibility index (Phi) is 5.53. The summed E-state index contributed by atoms with van der Waals surface area (Å²) in [5.41, 5.74) is 4.78. The molecule has 1 atom stereocenters. The molecule has 0 bridgehead atoms. The zero-order valence-corrected chi connectivity index (χ0v) is 13.7. The minimum atomic E-state index is -0.802. The SMILES string of the molecule is CC(Oc1cccc(Br)c1)C(=O)NNC(=O)c1cc[n+]([O-])cc1. The molecule has 1 aromatic heterocycles. The van der Waals surface area contributed by atoms with E-state index >= 15 is 0 Å². The summed E-state index contributed by atoms with van der Waals surface area (Å²) in [5.74, 6) is -0.516. The van der Waals surface area contributed by atoms with Crippen LogP contribution in [0.5, 0.6) is 5.75 Å². The summed E-state index contributed by atoms with van der Waals surface area (Å²) in [6, 6.07) is 9.75. The van der Waals surface area contributed by atoms with Crippen molar-refractivity contribution in [3.63, 3.8) is 0 Å². The predicted molar refractivity (Wildman–Crippen MR) is 85.2 cm³/mol. The van der Waals surface area contributed by atoms with Crippen LogP contribution in [-0.2, 0) is 4.79 Å². The highest BCUT2D eigenvalue weighted by atomic mass is 79.9. The highest BCUT2D eigenvalue weighted by Gasteiger charge is 2.16. The third kappa shape index (κ3) is 4.96. The third-order valence-corrected chi connectivity index (χ3v) is 3.33. The van der Waals surface area contributed by atoms with Crippen molar-refractivity contribution in [3.8, 4) is 5.75 Å².